The van der Waals surface area contributed by atoms with Crippen LogP contribution in [0.5, 0.6) is 5.75 Å². The number of nitrogens with zero attached hydrogens (tertiary/aromatic N) is 2. The minimum absolute atomic E-state index is 0.519. The average Bonchev–Trinajstić information content (AvgIpc) is 2.27. The average molecular weight is 186 g/mol. The summed E-state index contributed by atoms with van der Waals surface area (Å²) in [5.74, 6) is 1.27. The molecule has 0 amide bonds. The third-order valence-electron chi connectivity index (χ3n) is 1.86. The molecule has 1 aromatic heterocycles. The Morgan fingerprint density at radius 2 is 2.36 bits per heavy atom. The minimum atomic E-state index is 0.519. The van der Waals surface area contributed by atoms with Gasteiger partial charge in [-0.2, -0.15) is 0 Å². The number of pyridine rings is 1. The van der Waals surface area contributed by atoms with Crippen molar-refractivity contribution in [1.29, 1.82) is 0 Å². The molecule has 2 rings (SSSR count). The number of hydrogen-bond acceptors (Lipinski definition) is 3. The molecule has 1 aliphatic heterocycles. The first kappa shape index (κ1) is 8.69. The van der Waals surface area contributed by atoms with Gasteiger partial charge in [-0.3, -0.25) is 9.98 Å². The third kappa shape index (κ3) is 1.88. The van der Waals surface area contributed by atoms with Crippen molar-refractivity contribution in [2.75, 3.05) is 0 Å². The van der Waals surface area contributed by atoms with Crippen molar-refractivity contribution in [2.24, 2.45) is 4.99 Å². The van der Waals surface area contributed by atoms with E-state index in [1.165, 1.54) is 0 Å². The highest BCUT2D eigenvalue weighted by Crippen LogP contribution is 2.19. The molecule has 0 spiro atoms. The van der Waals surface area contributed by atoms with Crippen molar-refractivity contribution in [3.63, 3.8) is 0 Å². The van der Waals surface area contributed by atoms with Crippen LogP contribution in [0.25, 0.3) is 0 Å². The molecular weight excluding hydrogens is 176 g/mol. The van der Waals surface area contributed by atoms with E-state index in [1.54, 1.807) is 24.8 Å². The van der Waals surface area contributed by atoms with Crippen LogP contribution in [0.2, 0.25) is 0 Å². The van der Waals surface area contributed by atoms with E-state index in [4.69, 9.17) is 4.74 Å². The fourth-order valence-corrected chi connectivity index (χ4v) is 1.20. The summed E-state index contributed by atoms with van der Waals surface area (Å²) in [6, 6.07) is 1.93. The standard InChI is InChI=1S/C11H10N2O/c1-9-7-12-5-2-3-10-4-6-13-8-11(10)14-9/h2,4-8H,1,3H2/b5-2-,12-7?. The predicted molar refractivity (Wildman–Crippen MR) is 55.3 cm³/mol. The largest absolute Gasteiger partial charge is 0.454 e. The van der Waals surface area contributed by atoms with Gasteiger partial charge in [0.15, 0.2) is 0 Å². The Labute approximate surface area is 82.5 Å². The molecule has 3 nitrogen and oxygen atoms in total. The Kier molecular flexibility index (Phi) is 2.40. The van der Waals surface area contributed by atoms with Gasteiger partial charge < -0.3 is 4.74 Å². The van der Waals surface area contributed by atoms with Gasteiger partial charge >= 0.3 is 0 Å². The molecule has 14 heavy (non-hydrogen) atoms. The number of rotatable bonds is 0. The van der Waals surface area contributed by atoms with Gasteiger partial charge in [-0.25, -0.2) is 0 Å². The molecule has 0 saturated heterocycles. The van der Waals surface area contributed by atoms with Crippen LogP contribution in [0.3, 0.4) is 0 Å². The van der Waals surface area contributed by atoms with E-state index in [1.807, 2.05) is 12.1 Å². The van der Waals surface area contributed by atoms with Gasteiger partial charge in [-0.05, 0) is 12.5 Å². The van der Waals surface area contributed by atoms with E-state index in [-0.39, 0.29) is 0 Å². The number of ether oxygens (including phenoxy) is 1. The van der Waals surface area contributed by atoms with Crippen LogP contribution >= 0.6 is 0 Å². The first-order valence-electron chi connectivity index (χ1n) is 4.34. The summed E-state index contributed by atoms with van der Waals surface area (Å²) in [6.45, 7) is 3.72. The van der Waals surface area contributed by atoms with E-state index >= 15 is 0 Å². The minimum Gasteiger partial charge on any atom is -0.454 e. The van der Waals surface area contributed by atoms with Crippen LogP contribution in [-0.2, 0) is 6.42 Å². The van der Waals surface area contributed by atoms with E-state index in [2.05, 4.69) is 16.6 Å². The monoisotopic (exact) mass is 186 g/mol. The molecule has 1 aliphatic rings. The summed E-state index contributed by atoms with van der Waals surface area (Å²) >= 11 is 0. The second kappa shape index (κ2) is 3.87. The van der Waals surface area contributed by atoms with E-state index in [9.17, 15) is 0 Å². The molecule has 1 aromatic rings. The Morgan fingerprint density at radius 3 is 3.29 bits per heavy atom. The summed E-state index contributed by atoms with van der Waals surface area (Å²) in [5.41, 5.74) is 1.09. The smallest absolute Gasteiger partial charge is 0.149 e. The first-order chi connectivity index (χ1) is 6.86. The highest BCUT2D eigenvalue weighted by molar-refractivity contribution is 5.76. The lowest BCUT2D eigenvalue weighted by molar-refractivity contribution is 0.453. The number of fused-ring (bicyclic) bond motifs is 1. The summed E-state index contributed by atoms with van der Waals surface area (Å²) in [6.07, 6.45) is 9.52. The molecule has 3 heteroatoms. The molecule has 0 radical (unpaired) electrons. The fraction of sp³-hybridized carbons (Fsp3) is 0.0909. The molecule has 0 bridgehead atoms. The SMILES string of the molecule is C=C1C=N/C=C\Cc2ccncc2O1. The quantitative estimate of drug-likeness (QED) is 0.622. The summed E-state index contributed by atoms with van der Waals surface area (Å²) in [4.78, 5) is 8.01. The number of aliphatic imine (C=N–C) groups is 1. The summed E-state index contributed by atoms with van der Waals surface area (Å²) in [7, 11) is 0. The maximum absolute atomic E-state index is 5.47. The van der Waals surface area contributed by atoms with E-state index < -0.39 is 0 Å². The second-order valence-corrected chi connectivity index (χ2v) is 2.92. The number of aromatic nitrogens is 1. The maximum atomic E-state index is 5.47. The zero-order chi connectivity index (χ0) is 9.80. The van der Waals surface area contributed by atoms with Crippen molar-refractivity contribution in [2.45, 2.75) is 6.42 Å². The van der Waals surface area contributed by atoms with Crippen molar-refractivity contribution in [3.8, 4) is 5.75 Å². The zero-order valence-electron chi connectivity index (χ0n) is 7.68. The van der Waals surface area contributed by atoms with Crippen LogP contribution in [0.4, 0.5) is 0 Å². The second-order valence-electron chi connectivity index (χ2n) is 2.92. The molecule has 0 N–H and O–H groups in total. The molecule has 0 atom stereocenters. The Bertz CT molecular complexity index is 408. The van der Waals surface area contributed by atoms with E-state index in [0.29, 0.717) is 5.76 Å². The Hall–Kier alpha value is -1.90. The maximum Gasteiger partial charge on any atom is 0.149 e. The van der Waals surface area contributed by atoms with Gasteiger partial charge in [0.2, 0.25) is 0 Å². The van der Waals surface area contributed by atoms with Gasteiger partial charge in [0.05, 0.1) is 12.4 Å². The van der Waals surface area contributed by atoms with Crippen molar-refractivity contribution in [1.82, 2.24) is 4.98 Å². The molecule has 70 valence electrons. The lowest BCUT2D eigenvalue weighted by atomic mass is 10.2. The van der Waals surface area contributed by atoms with Crippen LogP contribution in [0.15, 0.2) is 48.1 Å². The summed E-state index contributed by atoms with van der Waals surface area (Å²) < 4.78 is 5.47. The molecule has 0 aliphatic carbocycles. The summed E-state index contributed by atoms with van der Waals surface area (Å²) in [5, 5.41) is 0. The zero-order valence-corrected chi connectivity index (χ0v) is 7.68. The molecule has 0 saturated carbocycles. The van der Waals surface area contributed by atoms with Gasteiger partial charge in [-0.1, -0.05) is 12.7 Å². The molecule has 0 unspecified atom stereocenters. The van der Waals surface area contributed by atoms with Crippen LogP contribution < -0.4 is 4.74 Å². The molecule has 0 aromatic carbocycles. The van der Waals surface area contributed by atoms with Gasteiger partial charge in [0.1, 0.15) is 11.5 Å². The van der Waals surface area contributed by atoms with Crippen molar-refractivity contribution >= 4 is 6.21 Å². The van der Waals surface area contributed by atoms with Crippen LogP contribution in [-0.4, -0.2) is 11.2 Å². The van der Waals surface area contributed by atoms with Crippen molar-refractivity contribution < 1.29 is 4.74 Å². The Morgan fingerprint density at radius 1 is 1.43 bits per heavy atom. The van der Waals surface area contributed by atoms with Gasteiger partial charge in [-0.15, -0.1) is 0 Å². The molecular formula is C11H10N2O. The van der Waals surface area contributed by atoms with E-state index in [0.717, 1.165) is 17.7 Å². The normalized spacial score (nSPS) is 17.3. The highest BCUT2D eigenvalue weighted by atomic mass is 16.5. The van der Waals surface area contributed by atoms with Gasteiger partial charge in [0.25, 0.3) is 0 Å². The lowest BCUT2D eigenvalue weighted by Crippen LogP contribution is -1.97. The Balaban J connectivity index is 2.39. The predicted octanol–water partition coefficient (Wildman–Crippen LogP) is 2.11. The molecule has 0 fully saturated rings. The van der Waals surface area contributed by atoms with Crippen LogP contribution in [0, 0.1) is 0 Å². The highest BCUT2D eigenvalue weighted by Gasteiger charge is 2.04. The molecule has 2 heterocycles. The fourth-order valence-electron chi connectivity index (χ4n) is 1.20. The number of hydrogen-bond donors (Lipinski definition) is 0. The van der Waals surface area contributed by atoms with Gasteiger partial charge in [0, 0.05) is 18.0 Å². The van der Waals surface area contributed by atoms with Crippen molar-refractivity contribution in [3.05, 3.63) is 48.6 Å². The van der Waals surface area contributed by atoms with Crippen LogP contribution in [0.1, 0.15) is 5.56 Å². The number of allylic oxidation sites excluding steroid dienone is 2. The topological polar surface area (TPSA) is 34.5 Å². The third-order valence-corrected chi connectivity index (χ3v) is 1.86. The lowest BCUT2D eigenvalue weighted by Gasteiger charge is -2.07. The first-order valence-corrected chi connectivity index (χ1v) is 4.34.